The van der Waals surface area contributed by atoms with Crippen molar-refractivity contribution < 1.29 is 0 Å². The van der Waals surface area contributed by atoms with Crippen LogP contribution >= 0.6 is 0 Å². The molecule has 0 spiro atoms. The minimum atomic E-state index is 1.15. The number of hydrogen-bond acceptors (Lipinski definition) is 0. The van der Waals surface area contributed by atoms with E-state index in [1.54, 1.807) is 6.08 Å². The number of allylic oxidation sites excluding steroid dienone is 13. The Kier molecular flexibility index (Phi) is 12.7. The summed E-state index contributed by atoms with van der Waals surface area (Å²) in [7, 11) is 0. The summed E-state index contributed by atoms with van der Waals surface area (Å²) >= 11 is 0. The average molecular weight is 225 g/mol. The van der Waals surface area contributed by atoms with Crippen LogP contribution in [0.4, 0.5) is 0 Å². The third kappa shape index (κ3) is 14.2. The molecule has 0 aromatic carbocycles. The first-order chi connectivity index (χ1) is 8.41. The van der Waals surface area contributed by atoms with Crippen LogP contribution in [0.2, 0.25) is 0 Å². The van der Waals surface area contributed by atoms with E-state index in [2.05, 4.69) is 19.1 Å². The zero-order valence-electron chi connectivity index (χ0n) is 10.5. The smallest absolute Gasteiger partial charge is 0.0350 e. The average Bonchev–Trinajstić information content (AvgIpc) is 2.35. The molecule has 0 fully saturated rings. The van der Waals surface area contributed by atoms with Gasteiger partial charge in [-0.3, -0.25) is 0 Å². The summed E-state index contributed by atoms with van der Waals surface area (Å²) in [5, 5.41) is 0. The van der Waals surface area contributed by atoms with E-state index in [0.29, 0.717) is 0 Å². The molecule has 0 aromatic heterocycles. The second-order valence-electron chi connectivity index (χ2n) is 3.33. The summed E-state index contributed by atoms with van der Waals surface area (Å²) in [6.07, 6.45) is 27.6. The molecule has 0 aliphatic rings. The first kappa shape index (κ1) is 15.2. The summed E-state index contributed by atoms with van der Waals surface area (Å²) in [5.41, 5.74) is 0. The van der Waals surface area contributed by atoms with Crippen LogP contribution < -0.4 is 0 Å². The minimum absolute atomic E-state index is 1.15. The van der Waals surface area contributed by atoms with Crippen molar-refractivity contribution in [3.63, 3.8) is 0 Å². The van der Waals surface area contributed by atoms with Crippen LogP contribution in [-0.2, 0) is 0 Å². The van der Waals surface area contributed by atoms with E-state index in [1.165, 1.54) is 12.5 Å². The van der Waals surface area contributed by atoms with Gasteiger partial charge in [0.15, 0.2) is 0 Å². The van der Waals surface area contributed by atoms with Gasteiger partial charge in [-0.1, -0.05) is 98.9 Å². The van der Waals surface area contributed by atoms with Crippen molar-refractivity contribution in [2.75, 3.05) is 0 Å². The van der Waals surface area contributed by atoms with E-state index in [1.807, 2.05) is 54.7 Å². The normalized spacial score (nSPS) is 13.5. The maximum absolute atomic E-state index is 5.18. The first-order valence-electron chi connectivity index (χ1n) is 5.95. The second-order valence-corrected chi connectivity index (χ2v) is 3.33. The van der Waals surface area contributed by atoms with E-state index in [9.17, 15) is 0 Å². The van der Waals surface area contributed by atoms with Crippen LogP contribution in [0.25, 0.3) is 0 Å². The summed E-state index contributed by atoms with van der Waals surface area (Å²) in [6.45, 7) is 7.35. The molecule has 0 unspecified atom stereocenters. The Hall–Kier alpha value is -1.82. The fourth-order valence-electron chi connectivity index (χ4n) is 0.983. The van der Waals surface area contributed by atoms with Gasteiger partial charge in [0.2, 0.25) is 0 Å². The molecule has 1 radical (unpaired) electrons. The highest BCUT2D eigenvalue weighted by Crippen LogP contribution is 1.89. The molecule has 0 nitrogen and oxygen atoms in total. The van der Waals surface area contributed by atoms with Crippen molar-refractivity contribution in [3.8, 4) is 0 Å². The Morgan fingerprint density at radius 3 is 1.47 bits per heavy atom. The molecule has 0 bridgehead atoms. The molecule has 0 heteroatoms. The molecule has 0 aliphatic heterocycles. The van der Waals surface area contributed by atoms with Gasteiger partial charge >= 0.3 is 0 Å². The highest BCUT2D eigenvalue weighted by Gasteiger charge is 1.68. The second kappa shape index (κ2) is 14.2. The van der Waals surface area contributed by atoms with Crippen LogP contribution in [0.1, 0.15) is 19.8 Å². The molecule has 0 heterocycles. The monoisotopic (exact) mass is 225 g/mol. The summed E-state index contributed by atoms with van der Waals surface area (Å²) < 4.78 is 0. The molecule has 0 saturated carbocycles. The Morgan fingerprint density at radius 2 is 1.06 bits per heavy atom. The van der Waals surface area contributed by atoms with Crippen LogP contribution in [0.3, 0.4) is 0 Å². The maximum atomic E-state index is 5.18. The zero-order valence-corrected chi connectivity index (χ0v) is 10.5. The van der Waals surface area contributed by atoms with Gasteiger partial charge in [-0.05, 0) is 6.42 Å². The largest absolute Gasteiger partial charge is 0.0845 e. The van der Waals surface area contributed by atoms with E-state index in [-0.39, 0.29) is 0 Å². The van der Waals surface area contributed by atoms with Crippen molar-refractivity contribution in [3.05, 3.63) is 85.6 Å². The third-order valence-corrected chi connectivity index (χ3v) is 1.81. The first-order valence-corrected chi connectivity index (χ1v) is 5.95. The molecule has 0 aliphatic carbocycles. The summed E-state index contributed by atoms with van der Waals surface area (Å²) in [4.78, 5) is 0. The summed E-state index contributed by atoms with van der Waals surface area (Å²) in [5.74, 6) is 0. The highest BCUT2D eigenvalue weighted by molar-refractivity contribution is 5.20. The molecule has 0 rings (SSSR count). The topological polar surface area (TPSA) is 0 Å². The van der Waals surface area contributed by atoms with Gasteiger partial charge in [0.25, 0.3) is 0 Å². The highest BCUT2D eigenvalue weighted by atomic mass is 13.8. The number of rotatable bonds is 8. The van der Waals surface area contributed by atoms with Crippen molar-refractivity contribution in [2.24, 2.45) is 0 Å². The maximum Gasteiger partial charge on any atom is -0.0350 e. The quantitative estimate of drug-likeness (QED) is 0.503. The number of hydrogen-bond donors (Lipinski definition) is 0. The lowest BCUT2D eigenvalue weighted by atomic mass is 10.3. The van der Waals surface area contributed by atoms with Crippen molar-refractivity contribution >= 4 is 0 Å². The van der Waals surface area contributed by atoms with E-state index >= 15 is 0 Å². The standard InChI is InChI=1S/C17H21/c1-3-5-7-9-11-13-15-17-16-14-12-10-8-6-4-2/h1,3,5,7-17H,4,6H2,2H3/b3-1?,7-5+,10-8+,11-9+,14-12+,15-13+,17-16+. The van der Waals surface area contributed by atoms with Gasteiger partial charge in [0.05, 0.1) is 0 Å². The lowest BCUT2D eigenvalue weighted by Crippen LogP contribution is -1.58. The molecular formula is C17H21. The molecule has 0 aromatic rings. The Balaban J connectivity index is 3.72. The van der Waals surface area contributed by atoms with Gasteiger partial charge in [-0.15, -0.1) is 0 Å². The molecule has 0 N–H and O–H groups in total. The Labute approximate surface area is 106 Å². The van der Waals surface area contributed by atoms with Gasteiger partial charge in [0, 0.05) is 0 Å². The molecular weight excluding hydrogens is 204 g/mol. The van der Waals surface area contributed by atoms with E-state index in [0.717, 1.165) is 6.42 Å². The van der Waals surface area contributed by atoms with Gasteiger partial charge in [-0.2, -0.15) is 0 Å². The van der Waals surface area contributed by atoms with Crippen LogP contribution in [0.5, 0.6) is 0 Å². The van der Waals surface area contributed by atoms with Gasteiger partial charge < -0.3 is 0 Å². The van der Waals surface area contributed by atoms with Crippen LogP contribution in [0.15, 0.2) is 79.0 Å². The van der Waals surface area contributed by atoms with Crippen LogP contribution in [-0.4, -0.2) is 0 Å². The predicted octanol–water partition coefficient (Wildman–Crippen LogP) is 5.11. The predicted molar refractivity (Wildman–Crippen MR) is 78.6 cm³/mol. The molecule has 0 amide bonds. The SMILES string of the molecule is [CH]=C/C=C/C=C/C=C/C=C/C=C/C=C/CCC. The fourth-order valence-corrected chi connectivity index (χ4v) is 0.983. The molecule has 17 heavy (non-hydrogen) atoms. The fraction of sp³-hybridized carbons (Fsp3) is 0.176. The zero-order chi connectivity index (χ0) is 12.6. The van der Waals surface area contributed by atoms with E-state index < -0.39 is 0 Å². The summed E-state index contributed by atoms with van der Waals surface area (Å²) in [6, 6.07) is 0. The van der Waals surface area contributed by atoms with Crippen LogP contribution in [0, 0.1) is 6.58 Å². The van der Waals surface area contributed by atoms with Crippen molar-refractivity contribution in [2.45, 2.75) is 19.8 Å². The molecule has 89 valence electrons. The van der Waals surface area contributed by atoms with Crippen molar-refractivity contribution in [1.82, 2.24) is 0 Å². The van der Waals surface area contributed by atoms with Gasteiger partial charge in [-0.25, -0.2) is 0 Å². The number of unbranched alkanes of at least 4 members (excludes halogenated alkanes) is 1. The van der Waals surface area contributed by atoms with Gasteiger partial charge in [0.1, 0.15) is 0 Å². The van der Waals surface area contributed by atoms with E-state index in [4.69, 9.17) is 6.58 Å². The lowest BCUT2D eigenvalue weighted by molar-refractivity contribution is 0.959. The lowest BCUT2D eigenvalue weighted by Gasteiger charge is -1.79. The minimum Gasteiger partial charge on any atom is -0.0845 e. The molecule has 0 saturated heterocycles. The Morgan fingerprint density at radius 1 is 0.647 bits per heavy atom. The van der Waals surface area contributed by atoms with Crippen molar-refractivity contribution in [1.29, 1.82) is 0 Å². The molecule has 0 atom stereocenters. The Bertz CT molecular complexity index is 333. The third-order valence-electron chi connectivity index (χ3n) is 1.81.